The molecule has 0 aromatic rings. The van der Waals surface area contributed by atoms with Gasteiger partial charge >= 0.3 is 5.97 Å². The van der Waals surface area contributed by atoms with Crippen LogP contribution in [-0.2, 0) is 24.2 Å². The fourth-order valence-corrected chi connectivity index (χ4v) is 1.77. The first-order valence-electron chi connectivity index (χ1n) is 5.52. The van der Waals surface area contributed by atoms with Crippen molar-refractivity contribution in [1.29, 1.82) is 0 Å². The number of aliphatic carboxylic acids is 1. The van der Waals surface area contributed by atoms with E-state index in [-0.39, 0.29) is 25.1 Å². The number of hydrogen-bond acceptors (Lipinski definition) is 5. The molecule has 8 heteroatoms. The average molecular weight is 281 g/mol. The Labute approximate surface area is 106 Å². The molecule has 2 N–H and O–H groups in total. The van der Waals surface area contributed by atoms with Crippen LogP contribution in [-0.4, -0.2) is 56.7 Å². The van der Waals surface area contributed by atoms with Crippen molar-refractivity contribution in [2.24, 2.45) is 0 Å². The Balaban J connectivity index is 4.02. The third kappa shape index (κ3) is 10.0. The number of carbonyl (C=O) groups excluding carboxylic acids is 1. The van der Waals surface area contributed by atoms with Crippen LogP contribution in [0.2, 0.25) is 0 Å². The summed E-state index contributed by atoms with van der Waals surface area (Å²) in [4.78, 5) is 21.8. The molecule has 0 saturated carbocycles. The molecule has 0 rings (SSSR count). The van der Waals surface area contributed by atoms with Gasteiger partial charge < -0.3 is 15.2 Å². The monoisotopic (exact) mass is 281 g/mol. The van der Waals surface area contributed by atoms with Gasteiger partial charge in [0.2, 0.25) is 5.91 Å². The number of amides is 1. The van der Waals surface area contributed by atoms with E-state index in [1.165, 1.54) is 0 Å². The minimum Gasteiger partial charge on any atom is -0.481 e. The van der Waals surface area contributed by atoms with Crippen molar-refractivity contribution >= 4 is 21.7 Å². The number of sulfone groups is 1. The maximum absolute atomic E-state index is 11.3. The summed E-state index contributed by atoms with van der Waals surface area (Å²) in [7, 11) is -3.17. The summed E-state index contributed by atoms with van der Waals surface area (Å²) in [6.45, 7) is 2.13. The smallest absolute Gasteiger partial charge is 0.306 e. The topological polar surface area (TPSA) is 110 Å². The molecule has 0 bridgehead atoms. The van der Waals surface area contributed by atoms with Crippen LogP contribution in [0.5, 0.6) is 0 Å². The number of hydrogen-bond donors (Lipinski definition) is 2. The molecule has 18 heavy (non-hydrogen) atoms. The Morgan fingerprint density at radius 3 is 2.44 bits per heavy atom. The predicted molar refractivity (Wildman–Crippen MR) is 65.0 cm³/mol. The number of nitrogens with one attached hydrogen (secondary N) is 1. The zero-order valence-electron chi connectivity index (χ0n) is 10.5. The van der Waals surface area contributed by atoms with Gasteiger partial charge in [0.25, 0.3) is 0 Å². The zero-order valence-corrected chi connectivity index (χ0v) is 11.3. The Morgan fingerprint density at radius 1 is 1.39 bits per heavy atom. The van der Waals surface area contributed by atoms with E-state index >= 15 is 0 Å². The summed E-state index contributed by atoms with van der Waals surface area (Å²) in [5, 5.41) is 11.1. The molecule has 1 atom stereocenters. The van der Waals surface area contributed by atoms with E-state index in [1.807, 2.05) is 0 Å². The Bertz CT molecular complexity index is 378. The summed E-state index contributed by atoms with van der Waals surface area (Å²) in [5.41, 5.74) is 0. The van der Waals surface area contributed by atoms with E-state index in [9.17, 15) is 18.0 Å². The second-order valence-electron chi connectivity index (χ2n) is 3.86. The van der Waals surface area contributed by atoms with Crippen molar-refractivity contribution in [2.45, 2.75) is 25.9 Å². The maximum atomic E-state index is 11.3. The fourth-order valence-electron chi connectivity index (χ4n) is 1.21. The molecular formula is C10H19NO6S. The van der Waals surface area contributed by atoms with Gasteiger partial charge in [-0.3, -0.25) is 9.59 Å². The van der Waals surface area contributed by atoms with E-state index in [0.717, 1.165) is 6.26 Å². The molecule has 0 aliphatic rings. The van der Waals surface area contributed by atoms with Crippen LogP contribution in [0.4, 0.5) is 0 Å². The van der Waals surface area contributed by atoms with Crippen LogP contribution in [0.15, 0.2) is 0 Å². The number of carboxylic acid groups (broad SMARTS) is 1. The van der Waals surface area contributed by atoms with Gasteiger partial charge in [-0.25, -0.2) is 8.42 Å². The zero-order chi connectivity index (χ0) is 14.2. The van der Waals surface area contributed by atoms with Gasteiger partial charge in [-0.05, 0) is 6.92 Å². The largest absolute Gasteiger partial charge is 0.481 e. The highest BCUT2D eigenvalue weighted by atomic mass is 32.2. The number of carboxylic acids is 1. The van der Waals surface area contributed by atoms with Crippen molar-refractivity contribution < 1.29 is 27.9 Å². The van der Waals surface area contributed by atoms with Crippen molar-refractivity contribution in [3.8, 4) is 0 Å². The molecule has 0 aromatic heterocycles. The first-order chi connectivity index (χ1) is 8.24. The van der Waals surface area contributed by atoms with E-state index in [2.05, 4.69) is 5.32 Å². The lowest BCUT2D eigenvalue weighted by Gasteiger charge is -2.15. The molecule has 1 amide bonds. The number of rotatable bonds is 9. The summed E-state index contributed by atoms with van der Waals surface area (Å²) in [6, 6.07) is 0. The van der Waals surface area contributed by atoms with Crippen molar-refractivity contribution in [3.63, 3.8) is 0 Å². The van der Waals surface area contributed by atoms with Crippen LogP contribution in [0.1, 0.15) is 19.8 Å². The molecular weight excluding hydrogens is 262 g/mol. The third-order valence-corrected chi connectivity index (χ3v) is 2.98. The van der Waals surface area contributed by atoms with Gasteiger partial charge in [-0.15, -0.1) is 0 Å². The molecule has 7 nitrogen and oxygen atoms in total. The van der Waals surface area contributed by atoms with E-state index in [1.54, 1.807) is 6.92 Å². The summed E-state index contributed by atoms with van der Waals surface area (Å²) >= 11 is 0. The highest BCUT2D eigenvalue weighted by Crippen LogP contribution is 1.98. The number of ether oxygens (including phenoxy) is 1. The maximum Gasteiger partial charge on any atom is 0.306 e. The fraction of sp³-hybridized carbons (Fsp3) is 0.800. The van der Waals surface area contributed by atoms with Gasteiger partial charge in [0.1, 0.15) is 9.84 Å². The van der Waals surface area contributed by atoms with Crippen LogP contribution in [0.3, 0.4) is 0 Å². The van der Waals surface area contributed by atoms with Crippen molar-refractivity contribution in [3.05, 3.63) is 0 Å². The van der Waals surface area contributed by atoms with Gasteiger partial charge in [0, 0.05) is 25.8 Å². The minimum absolute atomic E-state index is 0.0583. The van der Waals surface area contributed by atoms with Crippen molar-refractivity contribution in [1.82, 2.24) is 5.32 Å². The predicted octanol–water partition coefficient (Wildman–Crippen LogP) is -0.583. The van der Waals surface area contributed by atoms with E-state index in [4.69, 9.17) is 9.84 Å². The van der Waals surface area contributed by atoms with Gasteiger partial charge in [0.05, 0.1) is 18.3 Å². The Kier molecular flexibility index (Phi) is 7.53. The molecule has 0 radical (unpaired) electrons. The summed E-state index contributed by atoms with van der Waals surface area (Å²) in [6.07, 6.45) is 0.105. The molecule has 0 aromatic carbocycles. The quantitative estimate of drug-likeness (QED) is 0.585. The molecule has 0 aliphatic heterocycles. The second kappa shape index (κ2) is 8.04. The van der Waals surface area contributed by atoms with Gasteiger partial charge in [-0.1, -0.05) is 0 Å². The third-order valence-electron chi connectivity index (χ3n) is 2.03. The minimum atomic E-state index is -3.17. The SMILES string of the molecule is CCOC(CNC(=O)CCS(C)(=O)=O)CC(=O)O. The van der Waals surface area contributed by atoms with Crippen LogP contribution >= 0.6 is 0 Å². The van der Waals surface area contributed by atoms with Crippen molar-refractivity contribution in [2.75, 3.05) is 25.2 Å². The molecule has 0 saturated heterocycles. The number of carbonyl (C=O) groups is 2. The van der Waals surface area contributed by atoms with Gasteiger partial charge in [-0.2, -0.15) is 0 Å². The van der Waals surface area contributed by atoms with Gasteiger partial charge in [0.15, 0.2) is 0 Å². The lowest BCUT2D eigenvalue weighted by Crippen LogP contribution is -2.35. The van der Waals surface area contributed by atoms with Crippen LogP contribution < -0.4 is 5.32 Å². The summed E-state index contributed by atoms with van der Waals surface area (Å²) in [5.74, 6) is -1.67. The Hall–Kier alpha value is -1.15. The molecule has 1 unspecified atom stereocenters. The highest BCUT2D eigenvalue weighted by Gasteiger charge is 2.15. The second-order valence-corrected chi connectivity index (χ2v) is 6.12. The van der Waals surface area contributed by atoms with E-state index in [0.29, 0.717) is 6.61 Å². The highest BCUT2D eigenvalue weighted by molar-refractivity contribution is 7.90. The normalized spacial score (nSPS) is 13.0. The molecule has 0 fully saturated rings. The lowest BCUT2D eigenvalue weighted by atomic mass is 10.2. The van der Waals surface area contributed by atoms with Crippen LogP contribution in [0, 0.1) is 0 Å². The van der Waals surface area contributed by atoms with Crippen LogP contribution in [0.25, 0.3) is 0 Å². The molecule has 106 valence electrons. The Morgan fingerprint density at radius 2 is 2.00 bits per heavy atom. The standard InChI is InChI=1S/C10H19NO6S/c1-3-17-8(6-10(13)14)7-11-9(12)4-5-18(2,15)16/h8H,3-7H2,1-2H3,(H,11,12)(H,13,14). The molecule has 0 aliphatic carbocycles. The summed E-state index contributed by atoms with van der Waals surface area (Å²) < 4.78 is 26.8. The lowest BCUT2D eigenvalue weighted by molar-refractivity contribution is -0.140. The first kappa shape index (κ1) is 16.9. The average Bonchev–Trinajstić information content (AvgIpc) is 2.21. The van der Waals surface area contributed by atoms with E-state index < -0.39 is 27.8 Å². The first-order valence-corrected chi connectivity index (χ1v) is 7.58. The molecule has 0 spiro atoms. The molecule has 0 heterocycles.